The quantitative estimate of drug-likeness (QED) is 0.856. The molecule has 1 aliphatic rings. The van der Waals surface area contributed by atoms with Crippen molar-refractivity contribution in [3.63, 3.8) is 0 Å². The molecule has 1 aromatic rings. The Hall–Kier alpha value is -1.10. The maximum Gasteiger partial charge on any atom is 0.119 e. The molecular weight excluding hydrogens is 250 g/mol. The SMILES string of the molecule is CN1CCCC(N(C)CCOc2cccc(CN)c2)C1. The van der Waals surface area contributed by atoms with Crippen LogP contribution in [0.3, 0.4) is 0 Å². The molecule has 2 N–H and O–H groups in total. The van der Waals surface area contributed by atoms with Gasteiger partial charge in [-0.15, -0.1) is 0 Å². The maximum absolute atomic E-state index is 5.83. The van der Waals surface area contributed by atoms with Gasteiger partial charge in [0.2, 0.25) is 0 Å². The van der Waals surface area contributed by atoms with Gasteiger partial charge >= 0.3 is 0 Å². The van der Waals surface area contributed by atoms with Crippen molar-refractivity contribution in [3.8, 4) is 5.75 Å². The van der Waals surface area contributed by atoms with Crippen molar-refractivity contribution in [2.45, 2.75) is 25.4 Å². The van der Waals surface area contributed by atoms with Gasteiger partial charge in [-0.05, 0) is 51.2 Å². The lowest BCUT2D eigenvalue weighted by molar-refractivity contribution is 0.119. The Morgan fingerprint density at radius 3 is 3.05 bits per heavy atom. The molecule has 4 heteroatoms. The lowest BCUT2D eigenvalue weighted by Crippen LogP contribution is -2.46. The third-order valence-electron chi connectivity index (χ3n) is 4.07. The van der Waals surface area contributed by atoms with E-state index in [1.807, 2.05) is 24.3 Å². The van der Waals surface area contributed by atoms with Crippen LogP contribution >= 0.6 is 0 Å². The molecule has 0 aliphatic carbocycles. The molecule has 1 atom stereocenters. The van der Waals surface area contributed by atoms with E-state index in [0.717, 1.165) is 24.5 Å². The minimum atomic E-state index is 0.561. The first-order valence-electron chi connectivity index (χ1n) is 7.49. The summed E-state index contributed by atoms with van der Waals surface area (Å²) in [5.74, 6) is 0.919. The van der Waals surface area contributed by atoms with Crippen LogP contribution in [0.2, 0.25) is 0 Å². The van der Waals surface area contributed by atoms with E-state index >= 15 is 0 Å². The monoisotopic (exact) mass is 277 g/mol. The minimum absolute atomic E-state index is 0.561. The second kappa shape index (κ2) is 7.62. The van der Waals surface area contributed by atoms with Crippen LogP contribution in [0.1, 0.15) is 18.4 Å². The van der Waals surface area contributed by atoms with Crippen molar-refractivity contribution in [1.82, 2.24) is 9.80 Å². The molecule has 1 unspecified atom stereocenters. The number of rotatable bonds is 6. The predicted molar refractivity (Wildman–Crippen MR) is 83.0 cm³/mol. The van der Waals surface area contributed by atoms with Crippen LogP contribution < -0.4 is 10.5 Å². The van der Waals surface area contributed by atoms with Crippen LogP contribution in [-0.2, 0) is 6.54 Å². The zero-order chi connectivity index (χ0) is 14.4. The minimum Gasteiger partial charge on any atom is -0.492 e. The predicted octanol–water partition coefficient (Wildman–Crippen LogP) is 1.55. The lowest BCUT2D eigenvalue weighted by atomic mass is 10.1. The summed E-state index contributed by atoms with van der Waals surface area (Å²) < 4.78 is 5.83. The zero-order valence-corrected chi connectivity index (χ0v) is 12.7. The summed E-state index contributed by atoms with van der Waals surface area (Å²) in [5, 5.41) is 0. The highest BCUT2D eigenvalue weighted by molar-refractivity contribution is 5.28. The van der Waals surface area contributed by atoms with Crippen LogP contribution in [0.25, 0.3) is 0 Å². The first-order chi connectivity index (χ1) is 9.69. The molecule has 112 valence electrons. The topological polar surface area (TPSA) is 41.7 Å². The molecule has 0 spiro atoms. The van der Waals surface area contributed by atoms with E-state index in [4.69, 9.17) is 10.5 Å². The Morgan fingerprint density at radius 2 is 2.30 bits per heavy atom. The highest BCUT2D eigenvalue weighted by Gasteiger charge is 2.20. The first-order valence-corrected chi connectivity index (χ1v) is 7.49. The van der Waals surface area contributed by atoms with E-state index in [0.29, 0.717) is 12.6 Å². The van der Waals surface area contributed by atoms with Crippen molar-refractivity contribution in [1.29, 1.82) is 0 Å². The Bertz CT molecular complexity index is 410. The second-order valence-corrected chi connectivity index (χ2v) is 5.74. The summed E-state index contributed by atoms with van der Waals surface area (Å²) in [6.07, 6.45) is 2.59. The van der Waals surface area contributed by atoms with E-state index in [2.05, 4.69) is 23.9 Å². The standard InChI is InChI=1S/C16H27N3O/c1-18-8-4-6-15(13-18)19(2)9-10-20-16-7-3-5-14(11-16)12-17/h3,5,7,11,15H,4,6,8-10,12-13,17H2,1-2H3. The molecule has 0 bridgehead atoms. The third-order valence-corrected chi connectivity index (χ3v) is 4.07. The molecule has 2 rings (SSSR count). The fraction of sp³-hybridized carbons (Fsp3) is 0.625. The summed E-state index contributed by atoms with van der Waals surface area (Å²) in [7, 11) is 4.40. The van der Waals surface area contributed by atoms with Crippen molar-refractivity contribution in [2.24, 2.45) is 5.73 Å². The van der Waals surface area contributed by atoms with E-state index in [1.165, 1.54) is 25.9 Å². The van der Waals surface area contributed by atoms with Crippen LogP contribution in [0.15, 0.2) is 24.3 Å². The molecule has 1 aliphatic heterocycles. The number of nitrogens with two attached hydrogens (primary N) is 1. The summed E-state index contributed by atoms with van der Waals surface area (Å²) in [4.78, 5) is 4.83. The molecule has 1 fully saturated rings. The van der Waals surface area contributed by atoms with Crippen molar-refractivity contribution in [3.05, 3.63) is 29.8 Å². The van der Waals surface area contributed by atoms with Gasteiger partial charge in [0.05, 0.1) is 0 Å². The van der Waals surface area contributed by atoms with Gasteiger partial charge in [-0.25, -0.2) is 0 Å². The van der Waals surface area contributed by atoms with Gasteiger partial charge in [-0.3, -0.25) is 4.90 Å². The normalized spacial score (nSPS) is 20.3. The molecule has 4 nitrogen and oxygen atoms in total. The van der Waals surface area contributed by atoms with Crippen molar-refractivity contribution in [2.75, 3.05) is 40.3 Å². The van der Waals surface area contributed by atoms with Gasteiger partial charge in [0.15, 0.2) is 0 Å². The van der Waals surface area contributed by atoms with E-state index in [9.17, 15) is 0 Å². The van der Waals surface area contributed by atoms with Crippen LogP contribution in [0.4, 0.5) is 0 Å². The van der Waals surface area contributed by atoms with E-state index in [1.54, 1.807) is 0 Å². The van der Waals surface area contributed by atoms with Crippen molar-refractivity contribution < 1.29 is 4.74 Å². The summed E-state index contributed by atoms with van der Waals surface area (Å²) >= 11 is 0. The molecule has 1 aromatic carbocycles. The number of ether oxygens (including phenoxy) is 1. The lowest BCUT2D eigenvalue weighted by Gasteiger charge is -2.35. The van der Waals surface area contributed by atoms with Gasteiger partial charge in [-0.2, -0.15) is 0 Å². The van der Waals surface area contributed by atoms with Crippen LogP contribution in [-0.4, -0.2) is 56.2 Å². The van der Waals surface area contributed by atoms with Gasteiger partial charge in [0.1, 0.15) is 12.4 Å². The molecule has 20 heavy (non-hydrogen) atoms. The highest BCUT2D eigenvalue weighted by atomic mass is 16.5. The third kappa shape index (κ3) is 4.47. The van der Waals surface area contributed by atoms with E-state index in [-0.39, 0.29) is 0 Å². The molecule has 1 heterocycles. The molecule has 1 saturated heterocycles. The Kier molecular flexibility index (Phi) is 5.83. The molecular formula is C16H27N3O. The Balaban J connectivity index is 1.74. The average molecular weight is 277 g/mol. The van der Waals surface area contributed by atoms with Gasteiger partial charge in [0, 0.05) is 25.7 Å². The largest absolute Gasteiger partial charge is 0.492 e. The number of nitrogens with zero attached hydrogens (tertiary/aromatic N) is 2. The van der Waals surface area contributed by atoms with Gasteiger partial charge in [-0.1, -0.05) is 12.1 Å². The number of likely N-dealkylation sites (N-methyl/N-ethyl adjacent to an activating group) is 2. The summed E-state index contributed by atoms with van der Waals surface area (Å²) in [6, 6.07) is 8.70. The molecule has 0 amide bonds. The van der Waals surface area contributed by atoms with E-state index < -0.39 is 0 Å². The smallest absolute Gasteiger partial charge is 0.119 e. The zero-order valence-electron chi connectivity index (χ0n) is 12.7. The number of hydrogen-bond donors (Lipinski definition) is 1. The Morgan fingerprint density at radius 1 is 1.45 bits per heavy atom. The van der Waals surface area contributed by atoms with Crippen molar-refractivity contribution >= 4 is 0 Å². The Labute approximate surface area is 122 Å². The summed E-state index contributed by atoms with van der Waals surface area (Å²) in [6.45, 7) is 4.65. The average Bonchev–Trinajstić information content (AvgIpc) is 2.47. The second-order valence-electron chi connectivity index (χ2n) is 5.74. The fourth-order valence-corrected chi connectivity index (χ4v) is 2.75. The number of piperidine rings is 1. The number of likely N-dealkylation sites (tertiary alicyclic amines) is 1. The molecule has 0 radical (unpaired) electrons. The van der Waals surface area contributed by atoms with Crippen LogP contribution in [0.5, 0.6) is 5.75 Å². The maximum atomic E-state index is 5.83. The summed E-state index contributed by atoms with van der Waals surface area (Å²) in [5.41, 5.74) is 6.75. The van der Waals surface area contributed by atoms with Gasteiger partial charge in [0.25, 0.3) is 0 Å². The highest BCUT2D eigenvalue weighted by Crippen LogP contribution is 2.15. The molecule has 0 saturated carbocycles. The molecule has 0 aromatic heterocycles. The number of hydrogen-bond acceptors (Lipinski definition) is 4. The van der Waals surface area contributed by atoms with Gasteiger partial charge < -0.3 is 15.4 Å². The number of benzene rings is 1. The first kappa shape index (κ1) is 15.3. The van der Waals surface area contributed by atoms with Crippen LogP contribution in [0, 0.1) is 0 Å². The fourth-order valence-electron chi connectivity index (χ4n) is 2.75.